The summed E-state index contributed by atoms with van der Waals surface area (Å²) in [5, 5.41) is 3.33. The smallest absolute Gasteiger partial charge is 0.244 e. The molecule has 0 unspecified atom stereocenters. The highest BCUT2D eigenvalue weighted by Crippen LogP contribution is 2.35. The number of benzene rings is 2. The van der Waals surface area contributed by atoms with E-state index in [-0.39, 0.29) is 32.3 Å². The van der Waals surface area contributed by atoms with Crippen molar-refractivity contribution < 1.29 is 18.0 Å². The molecule has 0 aliphatic carbocycles. The van der Waals surface area contributed by atoms with Gasteiger partial charge in [0.25, 0.3) is 0 Å². The van der Waals surface area contributed by atoms with E-state index in [1.165, 1.54) is 37.1 Å². The topological polar surface area (TPSA) is 86.8 Å². The van der Waals surface area contributed by atoms with Crippen molar-refractivity contribution in [2.24, 2.45) is 0 Å². The molecule has 0 aliphatic heterocycles. The minimum absolute atomic E-state index is 0.0192. The van der Waals surface area contributed by atoms with Gasteiger partial charge in [-0.05, 0) is 36.8 Å². The van der Waals surface area contributed by atoms with Crippen LogP contribution in [0.1, 0.15) is 12.5 Å². The number of hydrogen-bond donors (Lipinski definition) is 1. The van der Waals surface area contributed by atoms with Crippen LogP contribution in [0, 0.1) is 0 Å². The number of carbonyl (C=O) groups is 2. The van der Waals surface area contributed by atoms with Gasteiger partial charge in [0.2, 0.25) is 21.8 Å². The van der Waals surface area contributed by atoms with Crippen molar-refractivity contribution >= 4 is 85.5 Å². The van der Waals surface area contributed by atoms with Gasteiger partial charge in [-0.2, -0.15) is 0 Å². The third-order valence-corrected chi connectivity index (χ3v) is 7.45. The Labute approximate surface area is 217 Å². The van der Waals surface area contributed by atoms with Gasteiger partial charge < -0.3 is 10.2 Å². The summed E-state index contributed by atoms with van der Waals surface area (Å²) < 4.78 is 25.9. The van der Waals surface area contributed by atoms with E-state index in [0.717, 1.165) is 10.6 Å². The van der Waals surface area contributed by atoms with Gasteiger partial charge >= 0.3 is 0 Å². The summed E-state index contributed by atoms with van der Waals surface area (Å²) in [6.07, 6.45) is 0.918. The number of rotatable bonds is 8. The molecule has 2 aromatic carbocycles. The fourth-order valence-electron chi connectivity index (χ4n) is 2.92. The second-order valence-electron chi connectivity index (χ2n) is 7.03. The Balaban J connectivity index is 2.48. The molecule has 180 valence electrons. The van der Waals surface area contributed by atoms with Crippen LogP contribution in [0.5, 0.6) is 0 Å². The first kappa shape index (κ1) is 27.8. The van der Waals surface area contributed by atoms with Crippen LogP contribution in [-0.2, 0) is 26.2 Å². The molecule has 0 bridgehead atoms. The number of sulfonamides is 1. The minimum Gasteiger partial charge on any atom is -0.357 e. The molecule has 13 heteroatoms. The maximum absolute atomic E-state index is 13.3. The first-order chi connectivity index (χ1) is 15.3. The van der Waals surface area contributed by atoms with E-state index in [9.17, 15) is 18.0 Å². The van der Waals surface area contributed by atoms with Crippen LogP contribution >= 0.6 is 58.0 Å². The van der Waals surface area contributed by atoms with Gasteiger partial charge in [0, 0.05) is 23.6 Å². The number of amides is 2. The van der Waals surface area contributed by atoms with E-state index >= 15 is 0 Å². The Hall–Kier alpha value is -1.42. The molecular weight excluding hydrogens is 556 g/mol. The van der Waals surface area contributed by atoms with Gasteiger partial charge in [-0.25, -0.2) is 8.42 Å². The van der Waals surface area contributed by atoms with E-state index in [1.54, 1.807) is 12.1 Å². The Kier molecular flexibility index (Phi) is 9.56. The van der Waals surface area contributed by atoms with Gasteiger partial charge in [-0.3, -0.25) is 13.9 Å². The Morgan fingerprint density at radius 3 is 2.12 bits per heavy atom. The van der Waals surface area contributed by atoms with Crippen LogP contribution in [0.25, 0.3) is 0 Å². The molecule has 0 saturated heterocycles. The Morgan fingerprint density at radius 1 is 0.970 bits per heavy atom. The van der Waals surface area contributed by atoms with Gasteiger partial charge in [0.1, 0.15) is 12.6 Å². The van der Waals surface area contributed by atoms with Crippen molar-refractivity contribution in [1.82, 2.24) is 10.2 Å². The highest BCUT2D eigenvalue weighted by Gasteiger charge is 2.31. The Morgan fingerprint density at radius 2 is 1.58 bits per heavy atom. The van der Waals surface area contributed by atoms with Crippen molar-refractivity contribution in [3.05, 3.63) is 61.0 Å². The molecule has 2 amide bonds. The van der Waals surface area contributed by atoms with Crippen LogP contribution in [-0.4, -0.2) is 51.0 Å². The van der Waals surface area contributed by atoms with Crippen molar-refractivity contribution in [3.8, 4) is 0 Å². The third-order valence-electron chi connectivity index (χ3n) is 4.71. The van der Waals surface area contributed by atoms with Gasteiger partial charge in [0.15, 0.2) is 0 Å². The number of carbonyl (C=O) groups excluding carboxylic acids is 2. The summed E-state index contributed by atoms with van der Waals surface area (Å²) in [7, 11) is -2.56. The monoisotopic (exact) mass is 573 g/mol. The van der Waals surface area contributed by atoms with Crippen molar-refractivity contribution in [2.45, 2.75) is 19.5 Å². The zero-order chi connectivity index (χ0) is 25.1. The van der Waals surface area contributed by atoms with E-state index in [2.05, 4.69) is 5.32 Å². The lowest BCUT2D eigenvalue weighted by atomic mass is 10.1. The molecule has 0 saturated carbocycles. The molecule has 0 radical (unpaired) electrons. The SMILES string of the molecule is CNC(=O)[C@@H](C)N(Cc1ccc(Cl)cc1Cl)C(=O)CN(c1cc(Cl)c(Cl)cc1Cl)S(C)(=O)=O. The summed E-state index contributed by atoms with van der Waals surface area (Å²) in [5.74, 6) is -1.13. The maximum Gasteiger partial charge on any atom is 0.244 e. The molecule has 2 rings (SSSR count). The Bertz CT molecular complexity index is 1180. The van der Waals surface area contributed by atoms with E-state index < -0.39 is 34.4 Å². The van der Waals surface area contributed by atoms with Crippen LogP contribution < -0.4 is 9.62 Å². The number of hydrogen-bond acceptors (Lipinski definition) is 4. The quantitative estimate of drug-likeness (QED) is 0.455. The van der Waals surface area contributed by atoms with Crippen molar-refractivity contribution in [3.63, 3.8) is 0 Å². The molecule has 1 N–H and O–H groups in total. The lowest BCUT2D eigenvalue weighted by Crippen LogP contribution is -2.50. The number of likely N-dealkylation sites (N-methyl/N-ethyl adjacent to an activating group) is 1. The van der Waals surface area contributed by atoms with Crippen LogP contribution in [0.4, 0.5) is 5.69 Å². The minimum atomic E-state index is -3.98. The molecule has 7 nitrogen and oxygen atoms in total. The first-order valence-electron chi connectivity index (χ1n) is 9.33. The second-order valence-corrected chi connectivity index (χ2v) is 11.0. The molecule has 1 atom stereocenters. The van der Waals surface area contributed by atoms with Gasteiger partial charge in [-0.15, -0.1) is 0 Å². The highest BCUT2D eigenvalue weighted by atomic mass is 35.5. The normalized spacial score (nSPS) is 12.2. The number of nitrogens with one attached hydrogen (secondary N) is 1. The average Bonchev–Trinajstić information content (AvgIpc) is 2.72. The molecule has 0 aliphatic rings. The molecule has 0 heterocycles. The van der Waals surface area contributed by atoms with Gasteiger partial charge in [-0.1, -0.05) is 64.1 Å². The highest BCUT2D eigenvalue weighted by molar-refractivity contribution is 7.92. The van der Waals surface area contributed by atoms with E-state index in [1.807, 2.05) is 0 Å². The standard InChI is InChI=1S/C20H20Cl5N3O4S/c1-11(20(30)26-2)27(9-12-4-5-13(21)6-14(12)22)19(29)10-28(33(3,31)32)18-8-16(24)15(23)7-17(18)25/h4-8,11H,9-10H2,1-3H3,(H,26,30)/t11-/m1/s1. The zero-order valence-corrected chi connectivity index (χ0v) is 22.3. The van der Waals surface area contributed by atoms with E-state index in [4.69, 9.17) is 58.0 Å². The summed E-state index contributed by atoms with van der Waals surface area (Å²) in [4.78, 5) is 26.9. The summed E-state index contributed by atoms with van der Waals surface area (Å²) >= 11 is 30.4. The first-order valence-corrected chi connectivity index (χ1v) is 13.1. The lowest BCUT2D eigenvalue weighted by Gasteiger charge is -2.31. The summed E-state index contributed by atoms with van der Waals surface area (Å²) in [6, 6.07) is 6.30. The second kappa shape index (κ2) is 11.3. The fourth-order valence-corrected chi connectivity index (χ4v) is 4.94. The fraction of sp³-hybridized carbons (Fsp3) is 0.300. The maximum atomic E-state index is 13.3. The molecule has 33 heavy (non-hydrogen) atoms. The summed E-state index contributed by atoms with van der Waals surface area (Å²) in [5.41, 5.74) is 0.489. The predicted octanol–water partition coefficient (Wildman–Crippen LogP) is 4.88. The van der Waals surface area contributed by atoms with Crippen LogP contribution in [0.15, 0.2) is 30.3 Å². The van der Waals surface area contributed by atoms with Crippen LogP contribution in [0.2, 0.25) is 25.1 Å². The lowest BCUT2D eigenvalue weighted by molar-refractivity contribution is -0.139. The van der Waals surface area contributed by atoms with Gasteiger partial charge in [0.05, 0.1) is 27.0 Å². The average molecular weight is 576 g/mol. The molecule has 0 fully saturated rings. The predicted molar refractivity (Wildman–Crippen MR) is 134 cm³/mol. The number of halogens is 5. The van der Waals surface area contributed by atoms with Crippen molar-refractivity contribution in [2.75, 3.05) is 24.2 Å². The molecule has 2 aromatic rings. The number of nitrogens with zero attached hydrogens (tertiary/aromatic N) is 2. The summed E-state index contributed by atoms with van der Waals surface area (Å²) in [6.45, 7) is 0.788. The molecule has 0 spiro atoms. The molecule has 0 aromatic heterocycles. The largest absolute Gasteiger partial charge is 0.357 e. The van der Waals surface area contributed by atoms with Crippen molar-refractivity contribution in [1.29, 1.82) is 0 Å². The third kappa shape index (κ3) is 7.04. The number of anilines is 1. The van der Waals surface area contributed by atoms with Crippen LogP contribution in [0.3, 0.4) is 0 Å². The molecular formula is C20H20Cl5N3O4S. The van der Waals surface area contributed by atoms with E-state index in [0.29, 0.717) is 10.6 Å². The zero-order valence-electron chi connectivity index (χ0n) is 17.7.